The monoisotopic (exact) mass is 287 g/mol. The van der Waals surface area contributed by atoms with Gasteiger partial charge in [-0.25, -0.2) is 0 Å². The third-order valence-corrected chi connectivity index (χ3v) is 4.27. The molecule has 1 fully saturated rings. The molecule has 0 amide bonds. The van der Waals surface area contributed by atoms with Crippen molar-refractivity contribution in [1.29, 1.82) is 0 Å². The Morgan fingerprint density at radius 3 is 2.40 bits per heavy atom. The smallest absolute Gasteiger partial charge is 0.392 e. The molecule has 1 saturated carbocycles. The van der Waals surface area contributed by atoms with Crippen LogP contribution in [0.4, 0.5) is 13.2 Å². The molecule has 1 aromatic rings. The Morgan fingerprint density at radius 1 is 1.25 bits per heavy atom. The molecule has 0 spiro atoms. The number of rotatable bonds is 3. The molecule has 0 saturated heterocycles. The van der Waals surface area contributed by atoms with Crippen LogP contribution in [-0.4, -0.2) is 24.8 Å². The molecule has 0 aromatic heterocycles. The highest BCUT2D eigenvalue weighted by Crippen LogP contribution is 2.40. The highest BCUT2D eigenvalue weighted by molar-refractivity contribution is 5.33. The van der Waals surface area contributed by atoms with Crippen molar-refractivity contribution in [2.75, 3.05) is 13.6 Å². The lowest BCUT2D eigenvalue weighted by Gasteiger charge is -2.42. The molecular formula is C15H20F3NO. The number of likely N-dealkylation sites (N-methyl/N-ethyl adjacent to an activating group) is 1. The summed E-state index contributed by atoms with van der Waals surface area (Å²) in [5.41, 5.74) is -0.338. The van der Waals surface area contributed by atoms with Gasteiger partial charge in [-0.1, -0.05) is 25.0 Å². The normalized spacial score (nSPS) is 27.6. The molecule has 1 aromatic carbocycles. The topological polar surface area (TPSA) is 32.3 Å². The zero-order chi connectivity index (χ0) is 14.8. The van der Waals surface area contributed by atoms with Crippen LogP contribution in [0.1, 0.15) is 36.8 Å². The van der Waals surface area contributed by atoms with Crippen LogP contribution < -0.4 is 5.32 Å². The van der Waals surface area contributed by atoms with Gasteiger partial charge < -0.3 is 10.4 Å². The number of aliphatic hydroxyl groups excluding tert-OH is 1. The van der Waals surface area contributed by atoms with Crippen molar-refractivity contribution in [1.82, 2.24) is 5.32 Å². The Hall–Kier alpha value is -1.07. The molecule has 5 heteroatoms. The highest BCUT2D eigenvalue weighted by atomic mass is 19.4. The van der Waals surface area contributed by atoms with E-state index in [-0.39, 0.29) is 0 Å². The van der Waals surface area contributed by atoms with Crippen LogP contribution in [0.25, 0.3) is 0 Å². The summed E-state index contributed by atoms with van der Waals surface area (Å²) >= 11 is 0. The van der Waals surface area contributed by atoms with Gasteiger partial charge in [0.1, 0.15) is 0 Å². The minimum atomic E-state index is -4.32. The fourth-order valence-corrected chi connectivity index (χ4v) is 3.17. The summed E-state index contributed by atoms with van der Waals surface area (Å²) < 4.78 is 37.9. The van der Waals surface area contributed by atoms with E-state index in [9.17, 15) is 18.3 Å². The number of nitrogens with one attached hydrogen (secondary N) is 1. The van der Waals surface area contributed by atoms with Crippen molar-refractivity contribution < 1.29 is 18.3 Å². The molecule has 2 atom stereocenters. The Labute approximate surface area is 117 Å². The molecule has 0 radical (unpaired) electrons. The molecule has 1 aliphatic rings. The van der Waals surface area contributed by atoms with Gasteiger partial charge in [-0.05, 0) is 37.6 Å². The molecule has 0 unspecified atom stereocenters. The average molecular weight is 287 g/mol. The van der Waals surface area contributed by atoms with E-state index >= 15 is 0 Å². The predicted octanol–water partition coefficient (Wildman–Crippen LogP) is 3.10. The SMILES string of the molecule is CNC[C@@]1(c2ccc(C(F)(F)F)cc2)CCCC[C@H]1O. The number of benzene rings is 1. The summed E-state index contributed by atoms with van der Waals surface area (Å²) in [5.74, 6) is 0. The number of aliphatic hydroxyl groups is 1. The van der Waals surface area contributed by atoms with Crippen LogP contribution in [0.15, 0.2) is 24.3 Å². The van der Waals surface area contributed by atoms with Crippen LogP contribution >= 0.6 is 0 Å². The maximum absolute atomic E-state index is 12.6. The zero-order valence-corrected chi connectivity index (χ0v) is 11.5. The second-order valence-electron chi connectivity index (χ2n) is 5.52. The Kier molecular flexibility index (Phi) is 4.39. The maximum Gasteiger partial charge on any atom is 0.416 e. The lowest BCUT2D eigenvalue weighted by atomic mass is 9.67. The molecule has 0 heterocycles. The third-order valence-electron chi connectivity index (χ3n) is 4.27. The first-order chi connectivity index (χ1) is 9.40. The molecule has 2 N–H and O–H groups in total. The van der Waals surface area contributed by atoms with Crippen molar-refractivity contribution in [2.24, 2.45) is 0 Å². The Bertz CT molecular complexity index is 439. The first kappa shape index (κ1) is 15.3. The van der Waals surface area contributed by atoms with E-state index in [0.29, 0.717) is 13.0 Å². The summed E-state index contributed by atoms with van der Waals surface area (Å²) in [5, 5.41) is 13.4. The summed E-state index contributed by atoms with van der Waals surface area (Å²) in [4.78, 5) is 0. The number of hydrogen-bond acceptors (Lipinski definition) is 2. The fraction of sp³-hybridized carbons (Fsp3) is 0.600. The quantitative estimate of drug-likeness (QED) is 0.895. The first-order valence-electron chi connectivity index (χ1n) is 6.90. The Balaban J connectivity index is 2.34. The van der Waals surface area contributed by atoms with E-state index < -0.39 is 23.3 Å². The first-order valence-corrected chi connectivity index (χ1v) is 6.90. The van der Waals surface area contributed by atoms with Crippen molar-refractivity contribution in [2.45, 2.75) is 43.4 Å². The van der Waals surface area contributed by atoms with Gasteiger partial charge in [-0.2, -0.15) is 13.2 Å². The molecule has 0 aliphatic heterocycles. The van der Waals surface area contributed by atoms with Crippen molar-refractivity contribution in [3.8, 4) is 0 Å². The van der Waals surface area contributed by atoms with E-state index in [1.165, 1.54) is 12.1 Å². The van der Waals surface area contributed by atoms with E-state index in [1.54, 1.807) is 7.05 Å². The summed E-state index contributed by atoms with van der Waals surface area (Å²) in [6.07, 6.45) is -1.39. The maximum atomic E-state index is 12.6. The summed E-state index contributed by atoms with van der Waals surface area (Å²) in [6, 6.07) is 5.23. The third kappa shape index (κ3) is 2.83. The Morgan fingerprint density at radius 2 is 1.90 bits per heavy atom. The number of alkyl halides is 3. The molecule has 112 valence electrons. The fourth-order valence-electron chi connectivity index (χ4n) is 3.17. The molecule has 2 nitrogen and oxygen atoms in total. The minimum absolute atomic E-state index is 0.475. The van der Waals surface area contributed by atoms with Crippen LogP contribution in [-0.2, 0) is 11.6 Å². The number of hydrogen-bond donors (Lipinski definition) is 2. The van der Waals surface area contributed by atoms with Gasteiger partial charge in [0.25, 0.3) is 0 Å². The van der Waals surface area contributed by atoms with Crippen LogP contribution in [0.3, 0.4) is 0 Å². The minimum Gasteiger partial charge on any atom is -0.392 e. The lowest BCUT2D eigenvalue weighted by molar-refractivity contribution is -0.137. The highest BCUT2D eigenvalue weighted by Gasteiger charge is 2.41. The van der Waals surface area contributed by atoms with Crippen molar-refractivity contribution in [3.63, 3.8) is 0 Å². The van der Waals surface area contributed by atoms with Gasteiger partial charge >= 0.3 is 6.18 Å². The average Bonchev–Trinajstić information content (AvgIpc) is 2.41. The van der Waals surface area contributed by atoms with Gasteiger partial charge in [0.2, 0.25) is 0 Å². The number of halogens is 3. The molecule has 20 heavy (non-hydrogen) atoms. The molecule has 1 aliphatic carbocycles. The van der Waals surface area contributed by atoms with Gasteiger partial charge in [-0.3, -0.25) is 0 Å². The second kappa shape index (κ2) is 5.74. The van der Waals surface area contributed by atoms with Crippen LogP contribution in [0.2, 0.25) is 0 Å². The van der Waals surface area contributed by atoms with Gasteiger partial charge in [-0.15, -0.1) is 0 Å². The van der Waals surface area contributed by atoms with Crippen molar-refractivity contribution >= 4 is 0 Å². The van der Waals surface area contributed by atoms with Gasteiger partial charge in [0.15, 0.2) is 0 Å². The van der Waals surface area contributed by atoms with Crippen LogP contribution in [0, 0.1) is 0 Å². The molecule has 2 rings (SSSR count). The van der Waals surface area contributed by atoms with Gasteiger partial charge in [0, 0.05) is 12.0 Å². The van der Waals surface area contributed by atoms with E-state index in [4.69, 9.17) is 0 Å². The summed E-state index contributed by atoms with van der Waals surface area (Å²) in [7, 11) is 1.80. The molecule has 0 bridgehead atoms. The van der Waals surface area contributed by atoms with E-state index in [1.807, 2.05) is 0 Å². The van der Waals surface area contributed by atoms with Gasteiger partial charge in [0.05, 0.1) is 11.7 Å². The molecular weight excluding hydrogens is 267 g/mol. The predicted molar refractivity (Wildman–Crippen MR) is 71.5 cm³/mol. The standard InChI is InChI=1S/C15H20F3NO/c1-19-10-14(9-3-2-4-13(14)20)11-5-7-12(8-6-11)15(16,17)18/h5-8,13,19-20H,2-4,9-10H2,1H3/t13-,14-/m1/s1. The second-order valence-corrected chi connectivity index (χ2v) is 5.52. The van der Waals surface area contributed by atoms with Crippen LogP contribution in [0.5, 0.6) is 0 Å². The van der Waals surface area contributed by atoms with E-state index in [2.05, 4.69) is 5.32 Å². The lowest BCUT2D eigenvalue weighted by Crippen LogP contribution is -2.48. The zero-order valence-electron chi connectivity index (χ0n) is 11.5. The summed E-state index contributed by atoms with van der Waals surface area (Å²) in [6.45, 7) is 0.569. The van der Waals surface area contributed by atoms with E-state index in [0.717, 1.165) is 37.0 Å². The van der Waals surface area contributed by atoms with Crippen molar-refractivity contribution in [3.05, 3.63) is 35.4 Å². The largest absolute Gasteiger partial charge is 0.416 e.